The van der Waals surface area contributed by atoms with Crippen LogP contribution in [0.1, 0.15) is 6.92 Å². The molecule has 2 aliphatic heterocycles. The summed E-state index contributed by atoms with van der Waals surface area (Å²) in [5, 5.41) is 11.9. The van der Waals surface area contributed by atoms with Crippen molar-refractivity contribution in [3.05, 3.63) is 12.1 Å². The van der Waals surface area contributed by atoms with Crippen molar-refractivity contribution in [2.75, 3.05) is 23.6 Å². The van der Waals surface area contributed by atoms with E-state index in [0.29, 0.717) is 17.2 Å². The highest BCUT2D eigenvalue weighted by atomic mass is 16.7. The number of rotatable bonds is 1. The minimum absolute atomic E-state index is 0.0253. The molecule has 0 aromatic heterocycles. The van der Waals surface area contributed by atoms with Crippen molar-refractivity contribution in [1.29, 1.82) is 5.26 Å². The van der Waals surface area contributed by atoms with Crippen molar-refractivity contribution >= 4 is 17.3 Å². The van der Waals surface area contributed by atoms with Crippen LogP contribution in [0, 0.1) is 11.3 Å². The summed E-state index contributed by atoms with van der Waals surface area (Å²) < 4.78 is 10.6. The molecule has 0 fully saturated rings. The van der Waals surface area contributed by atoms with Crippen LogP contribution in [0.5, 0.6) is 11.5 Å². The molecule has 0 spiro atoms. The van der Waals surface area contributed by atoms with E-state index in [2.05, 4.69) is 5.32 Å². The molecule has 6 nitrogen and oxygen atoms in total. The van der Waals surface area contributed by atoms with Gasteiger partial charge in [0.15, 0.2) is 11.5 Å². The van der Waals surface area contributed by atoms with Crippen LogP contribution in [0.2, 0.25) is 0 Å². The van der Waals surface area contributed by atoms with Crippen LogP contribution < -0.4 is 19.7 Å². The Bertz CT molecular complexity index is 564. The number of hydrogen-bond acceptors (Lipinski definition) is 5. The average Bonchev–Trinajstić information content (AvgIpc) is 2.80. The Morgan fingerprint density at radius 2 is 2.22 bits per heavy atom. The minimum atomic E-state index is -0.355. The topological polar surface area (TPSA) is 74.6 Å². The third-order valence-electron chi connectivity index (χ3n) is 3.02. The first kappa shape index (κ1) is 10.7. The zero-order valence-electron chi connectivity index (χ0n) is 9.77. The van der Waals surface area contributed by atoms with Crippen molar-refractivity contribution in [2.24, 2.45) is 0 Å². The molecule has 3 rings (SSSR count). The first-order valence-electron chi connectivity index (χ1n) is 5.59. The summed E-state index contributed by atoms with van der Waals surface area (Å²) in [5.74, 6) is 1.13. The Kier molecular flexibility index (Phi) is 2.27. The van der Waals surface area contributed by atoms with E-state index in [1.807, 2.05) is 6.07 Å². The second-order valence-corrected chi connectivity index (χ2v) is 4.17. The van der Waals surface area contributed by atoms with Gasteiger partial charge in [-0.05, 0) is 6.92 Å². The number of nitrogens with zero attached hydrogens (tertiary/aromatic N) is 2. The molecule has 2 aliphatic rings. The molecule has 1 atom stereocenters. The van der Waals surface area contributed by atoms with Crippen molar-refractivity contribution in [1.82, 2.24) is 0 Å². The van der Waals surface area contributed by atoms with E-state index in [1.165, 1.54) is 4.90 Å². The van der Waals surface area contributed by atoms with Crippen LogP contribution in [-0.4, -0.2) is 25.3 Å². The van der Waals surface area contributed by atoms with Crippen LogP contribution in [0.3, 0.4) is 0 Å². The second kappa shape index (κ2) is 3.81. The summed E-state index contributed by atoms with van der Waals surface area (Å²) in [6, 6.07) is 5.17. The number of amides is 1. The van der Waals surface area contributed by atoms with E-state index in [-0.39, 0.29) is 25.3 Å². The van der Waals surface area contributed by atoms with E-state index < -0.39 is 0 Å². The molecular formula is C12H11N3O3. The molecule has 1 aromatic carbocycles. The molecule has 6 heteroatoms. The van der Waals surface area contributed by atoms with Crippen LogP contribution in [0.25, 0.3) is 0 Å². The van der Waals surface area contributed by atoms with Crippen molar-refractivity contribution in [2.45, 2.75) is 13.0 Å². The number of carbonyl (C=O) groups excluding carboxylic acids is 1. The highest BCUT2D eigenvalue weighted by Gasteiger charge is 2.31. The van der Waals surface area contributed by atoms with Gasteiger partial charge in [-0.1, -0.05) is 0 Å². The highest BCUT2D eigenvalue weighted by Crippen LogP contribution is 2.43. The van der Waals surface area contributed by atoms with E-state index in [4.69, 9.17) is 14.7 Å². The predicted octanol–water partition coefficient (Wildman–Crippen LogP) is 1.09. The van der Waals surface area contributed by atoms with Crippen molar-refractivity contribution < 1.29 is 14.3 Å². The molecule has 0 saturated carbocycles. The first-order valence-corrected chi connectivity index (χ1v) is 5.59. The number of nitrogens with one attached hydrogen (secondary N) is 1. The second-order valence-electron chi connectivity index (χ2n) is 4.17. The van der Waals surface area contributed by atoms with Gasteiger partial charge >= 0.3 is 0 Å². The number of fused-ring (bicyclic) bond motifs is 2. The van der Waals surface area contributed by atoms with Crippen LogP contribution in [0.15, 0.2) is 12.1 Å². The molecule has 0 bridgehead atoms. The fourth-order valence-electron chi connectivity index (χ4n) is 2.15. The monoisotopic (exact) mass is 245 g/mol. The maximum absolute atomic E-state index is 12.0. The van der Waals surface area contributed by atoms with Gasteiger partial charge in [0.05, 0.1) is 17.4 Å². The van der Waals surface area contributed by atoms with Gasteiger partial charge < -0.3 is 14.8 Å². The lowest BCUT2D eigenvalue weighted by Crippen LogP contribution is -2.45. The quantitative estimate of drug-likeness (QED) is 0.749. The molecule has 92 valence electrons. The Morgan fingerprint density at radius 1 is 1.50 bits per heavy atom. The SMILES string of the molecule is CC1Nc2cc3c(cc2N(CC#N)C1=O)OCO3. The molecular weight excluding hydrogens is 234 g/mol. The normalized spacial score (nSPS) is 20.1. The number of carbonyl (C=O) groups is 1. The van der Waals surface area contributed by atoms with E-state index in [0.717, 1.165) is 5.69 Å². The standard InChI is InChI=1S/C12H11N3O3/c1-7-12(16)15(3-2-13)9-5-11-10(17-6-18-11)4-8(9)14-7/h4-5,7,14H,3,6H2,1H3. The summed E-state index contributed by atoms with van der Waals surface area (Å²) in [6.07, 6.45) is 0. The van der Waals surface area contributed by atoms with Crippen molar-refractivity contribution in [3.8, 4) is 17.6 Å². The summed E-state index contributed by atoms with van der Waals surface area (Å²) >= 11 is 0. The summed E-state index contributed by atoms with van der Waals surface area (Å²) in [4.78, 5) is 13.5. The van der Waals surface area contributed by atoms with Gasteiger partial charge in [-0.2, -0.15) is 5.26 Å². The van der Waals surface area contributed by atoms with Gasteiger partial charge in [0.2, 0.25) is 12.7 Å². The smallest absolute Gasteiger partial charge is 0.250 e. The fraction of sp³-hybridized carbons (Fsp3) is 0.333. The summed E-state index contributed by atoms with van der Waals surface area (Å²) in [7, 11) is 0. The third-order valence-corrected chi connectivity index (χ3v) is 3.02. The molecule has 0 saturated heterocycles. The maximum atomic E-state index is 12.0. The fourth-order valence-corrected chi connectivity index (χ4v) is 2.15. The zero-order chi connectivity index (χ0) is 12.7. The van der Waals surface area contributed by atoms with Crippen LogP contribution in [0.4, 0.5) is 11.4 Å². The largest absolute Gasteiger partial charge is 0.454 e. The molecule has 0 radical (unpaired) electrons. The number of benzene rings is 1. The molecule has 18 heavy (non-hydrogen) atoms. The number of ether oxygens (including phenoxy) is 2. The lowest BCUT2D eigenvalue weighted by molar-refractivity contribution is -0.119. The predicted molar refractivity (Wildman–Crippen MR) is 63.6 cm³/mol. The minimum Gasteiger partial charge on any atom is -0.454 e. The molecule has 1 N–H and O–H groups in total. The molecule has 2 heterocycles. The van der Waals surface area contributed by atoms with Crippen LogP contribution >= 0.6 is 0 Å². The Hall–Kier alpha value is -2.42. The van der Waals surface area contributed by atoms with Gasteiger partial charge in [-0.25, -0.2) is 0 Å². The zero-order valence-corrected chi connectivity index (χ0v) is 9.77. The number of hydrogen-bond donors (Lipinski definition) is 1. The van der Waals surface area contributed by atoms with E-state index >= 15 is 0 Å². The van der Waals surface area contributed by atoms with Crippen LogP contribution in [-0.2, 0) is 4.79 Å². The molecule has 1 amide bonds. The van der Waals surface area contributed by atoms with Gasteiger partial charge in [0.25, 0.3) is 0 Å². The summed E-state index contributed by atoms with van der Waals surface area (Å²) in [5.41, 5.74) is 1.44. The maximum Gasteiger partial charge on any atom is 0.250 e. The highest BCUT2D eigenvalue weighted by molar-refractivity contribution is 6.05. The van der Waals surface area contributed by atoms with Gasteiger partial charge in [0, 0.05) is 12.1 Å². The van der Waals surface area contributed by atoms with E-state index in [9.17, 15) is 4.79 Å². The molecule has 0 aliphatic carbocycles. The number of anilines is 2. The molecule has 1 aromatic rings. The Balaban J connectivity index is 2.10. The van der Waals surface area contributed by atoms with E-state index in [1.54, 1.807) is 19.1 Å². The average molecular weight is 245 g/mol. The Morgan fingerprint density at radius 3 is 2.94 bits per heavy atom. The van der Waals surface area contributed by atoms with Gasteiger partial charge in [-0.3, -0.25) is 9.69 Å². The van der Waals surface area contributed by atoms with Crippen molar-refractivity contribution in [3.63, 3.8) is 0 Å². The lowest BCUT2D eigenvalue weighted by atomic mass is 10.1. The summed E-state index contributed by atoms with van der Waals surface area (Å²) in [6.45, 7) is 1.97. The first-order chi connectivity index (χ1) is 8.70. The van der Waals surface area contributed by atoms with Gasteiger partial charge in [-0.15, -0.1) is 0 Å². The Labute approximate surface area is 104 Å². The van der Waals surface area contributed by atoms with Gasteiger partial charge in [0.1, 0.15) is 12.6 Å². The molecule has 1 unspecified atom stereocenters. The number of nitriles is 1. The lowest BCUT2D eigenvalue weighted by Gasteiger charge is -2.32. The third kappa shape index (κ3) is 1.44.